The van der Waals surface area contributed by atoms with Crippen LogP contribution in [0.15, 0.2) is 36.5 Å². The Morgan fingerprint density at radius 3 is 2.43 bits per heavy atom. The molecule has 1 saturated carbocycles. The van der Waals surface area contributed by atoms with E-state index in [0.717, 1.165) is 5.56 Å². The molecule has 1 aromatic heterocycles. The van der Waals surface area contributed by atoms with Gasteiger partial charge in [-0.15, -0.1) is 0 Å². The molecule has 1 aromatic carbocycles. The largest absolute Gasteiger partial charge is 0.489 e. The molecule has 0 saturated heterocycles. The summed E-state index contributed by atoms with van der Waals surface area (Å²) in [7, 11) is 0. The molecule has 28 heavy (non-hydrogen) atoms. The SMILES string of the molecule is Cc1ccc(C(=O)N[C@H]2C(C)(C)[C@H](Oc3ccc(C#N)c(Cl)c3)C2(C)C)nc1. The maximum atomic E-state index is 12.7. The van der Waals surface area contributed by atoms with E-state index in [-0.39, 0.29) is 28.9 Å². The van der Waals surface area contributed by atoms with Crippen LogP contribution in [-0.4, -0.2) is 23.0 Å². The Balaban J connectivity index is 1.76. The monoisotopic (exact) mass is 397 g/mol. The van der Waals surface area contributed by atoms with Crippen LogP contribution in [-0.2, 0) is 0 Å². The van der Waals surface area contributed by atoms with Crippen molar-refractivity contribution in [2.45, 2.75) is 46.8 Å². The third-order valence-electron chi connectivity index (χ3n) is 5.57. The van der Waals surface area contributed by atoms with Crippen molar-refractivity contribution in [3.8, 4) is 11.8 Å². The van der Waals surface area contributed by atoms with E-state index in [2.05, 4.69) is 38.0 Å². The lowest BCUT2D eigenvalue weighted by molar-refractivity contribution is -0.164. The summed E-state index contributed by atoms with van der Waals surface area (Å²) in [4.78, 5) is 16.9. The number of ether oxygens (including phenoxy) is 1. The van der Waals surface area contributed by atoms with Crippen LogP contribution in [0.1, 0.15) is 49.3 Å². The zero-order valence-corrected chi connectivity index (χ0v) is 17.5. The second-order valence-corrected chi connectivity index (χ2v) is 8.93. The van der Waals surface area contributed by atoms with Gasteiger partial charge in [0.1, 0.15) is 23.6 Å². The van der Waals surface area contributed by atoms with E-state index >= 15 is 0 Å². The van der Waals surface area contributed by atoms with Gasteiger partial charge in [0.2, 0.25) is 0 Å². The Labute approximate surface area is 170 Å². The molecule has 1 aliphatic rings. The van der Waals surface area contributed by atoms with Crippen LogP contribution in [0.3, 0.4) is 0 Å². The minimum Gasteiger partial charge on any atom is -0.489 e. The molecule has 0 bridgehead atoms. The first-order valence-electron chi connectivity index (χ1n) is 9.17. The number of nitrogens with zero attached hydrogens (tertiary/aromatic N) is 2. The summed E-state index contributed by atoms with van der Waals surface area (Å²) < 4.78 is 6.23. The molecule has 1 amide bonds. The molecule has 0 atom stereocenters. The Bertz CT molecular complexity index is 929. The van der Waals surface area contributed by atoms with Crippen molar-refractivity contribution in [1.29, 1.82) is 5.26 Å². The van der Waals surface area contributed by atoms with Gasteiger partial charge in [0.15, 0.2) is 0 Å². The molecular weight excluding hydrogens is 374 g/mol. The molecule has 146 valence electrons. The van der Waals surface area contributed by atoms with E-state index in [1.54, 1.807) is 30.5 Å². The van der Waals surface area contributed by atoms with Crippen molar-refractivity contribution in [2.75, 3.05) is 0 Å². The van der Waals surface area contributed by atoms with Crippen LogP contribution < -0.4 is 10.1 Å². The third kappa shape index (κ3) is 3.45. The first-order chi connectivity index (χ1) is 13.1. The minimum atomic E-state index is -0.301. The highest BCUT2D eigenvalue weighted by molar-refractivity contribution is 6.31. The highest BCUT2D eigenvalue weighted by Crippen LogP contribution is 2.55. The van der Waals surface area contributed by atoms with Crippen LogP contribution in [0.2, 0.25) is 5.02 Å². The summed E-state index contributed by atoms with van der Waals surface area (Å²) in [5, 5.41) is 12.5. The number of aryl methyl sites for hydroxylation is 1. The summed E-state index contributed by atoms with van der Waals surface area (Å²) in [5.74, 6) is 0.422. The molecule has 5 nitrogen and oxygen atoms in total. The number of aromatic nitrogens is 1. The number of nitrogens with one attached hydrogen (secondary N) is 1. The summed E-state index contributed by atoms with van der Waals surface area (Å²) >= 11 is 6.13. The Hall–Kier alpha value is -2.58. The molecule has 1 fully saturated rings. The normalized spacial score (nSPS) is 21.9. The van der Waals surface area contributed by atoms with Gasteiger partial charge >= 0.3 is 0 Å². The number of benzene rings is 1. The van der Waals surface area contributed by atoms with Crippen LogP contribution >= 0.6 is 11.6 Å². The third-order valence-corrected chi connectivity index (χ3v) is 5.89. The van der Waals surface area contributed by atoms with Crippen LogP contribution in [0.4, 0.5) is 0 Å². The number of nitriles is 1. The molecule has 0 spiro atoms. The lowest BCUT2D eigenvalue weighted by atomic mass is 9.49. The van der Waals surface area contributed by atoms with E-state index in [0.29, 0.717) is 22.0 Å². The van der Waals surface area contributed by atoms with Gasteiger partial charge < -0.3 is 10.1 Å². The lowest BCUT2D eigenvalue weighted by Crippen LogP contribution is -2.74. The highest BCUT2D eigenvalue weighted by Gasteiger charge is 2.64. The topological polar surface area (TPSA) is 75.0 Å². The maximum absolute atomic E-state index is 12.7. The highest BCUT2D eigenvalue weighted by atomic mass is 35.5. The quantitative estimate of drug-likeness (QED) is 0.822. The average Bonchev–Trinajstić information content (AvgIpc) is 2.64. The fourth-order valence-corrected chi connectivity index (χ4v) is 4.62. The smallest absolute Gasteiger partial charge is 0.270 e. The van der Waals surface area contributed by atoms with Gasteiger partial charge in [0.25, 0.3) is 5.91 Å². The van der Waals surface area contributed by atoms with E-state index < -0.39 is 0 Å². The predicted molar refractivity (Wildman–Crippen MR) is 108 cm³/mol. The van der Waals surface area contributed by atoms with Gasteiger partial charge in [-0.1, -0.05) is 45.4 Å². The zero-order valence-electron chi connectivity index (χ0n) is 16.7. The fraction of sp³-hybridized carbons (Fsp3) is 0.409. The molecule has 0 radical (unpaired) electrons. The molecule has 6 heteroatoms. The van der Waals surface area contributed by atoms with Crippen molar-refractivity contribution in [3.63, 3.8) is 0 Å². The van der Waals surface area contributed by atoms with Gasteiger partial charge in [-0.3, -0.25) is 9.78 Å². The molecular formula is C22H24ClN3O2. The number of pyridine rings is 1. The average molecular weight is 398 g/mol. The van der Waals surface area contributed by atoms with Crippen molar-refractivity contribution >= 4 is 17.5 Å². The summed E-state index contributed by atoms with van der Waals surface area (Å²) in [6.45, 7) is 10.2. The van der Waals surface area contributed by atoms with E-state index in [1.165, 1.54) is 0 Å². The summed E-state index contributed by atoms with van der Waals surface area (Å²) in [5.41, 5.74) is 1.22. The van der Waals surface area contributed by atoms with Gasteiger partial charge in [0.05, 0.1) is 10.6 Å². The van der Waals surface area contributed by atoms with Crippen molar-refractivity contribution in [1.82, 2.24) is 10.3 Å². The fourth-order valence-electron chi connectivity index (χ4n) is 4.40. The number of carbonyl (C=O) groups is 1. The van der Waals surface area contributed by atoms with Crippen molar-refractivity contribution in [3.05, 3.63) is 58.4 Å². The zero-order chi connectivity index (χ0) is 20.7. The maximum Gasteiger partial charge on any atom is 0.270 e. The van der Waals surface area contributed by atoms with Crippen LogP contribution in [0, 0.1) is 29.1 Å². The number of rotatable bonds is 4. The number of carbonyl (C=O) groups excluding carboxylic acids is 1. The van der Waals surface area contributed by atoms with Gasteiger partial charge in [-0.25, -0.2) is 0 Å². The standard InChI is InChI=1S/C22H24ClN3O2/c1-13-6-9-17(25-12-13)18(27)26-19-21(2,3)20(22(19,4)5)28-15-8-7-14(11-24)16(23)10-15/h6-10,12,19-20H,1-5H3,(H,26,27)/t19-,20-. The second kappa shape index (κ2) is 7.10. The number of halogens is 1. The van der Waals surface area contributed by atoms with E-state index in [4.69, 9.17) is 21.6 Å². The van der Waals surface area contributed by atoms with E-state index in [1.807, 2.05) is 19.1 Å². The first kappa shape index (κ1) is 20.2. The van der Waals surface area contributed by atoms with E-state index in [9.17, 15) is 4.79 Å². The predicted octanol–water partition coefficient (Wildman–Crippen LogP) is 4.53. The van der Waals surface area contributed by atoms with Crippen molar-refractivity contribution in [2.24, 2.45) is 10.8 Å². The Morgan fingerprint density at radius 2 is 1.89 bits per heavy atom. The molecule has 1 N–H and O–H groups in total. The molecule has 1 heterocycles. The number of hydrogen-bond acceptors (Lipinski definition) is 4. The summed E-state index contributed by atoms with van der Waals surface area (Å²) in [6.07, 6.45) is 1.55. The number of hydrogen-bond donors (Lipinski definition) is 1. The Kier molecular flexibility index (Phi) is 5.12. The molecule has 1 aliphatic carbocycles. The van der Waals surface area contributed by atoms with Crippen molar-refractivity contribution < 1.29 is 9.53 Å². The van der Waals surface area contributed by atoms with Gasteiger partial charge in [-0.2, -0.15) is 5.26 Å². The molecule has 0 unspecified atom stereocenters. The van der Waals surface area contributed by atoms with Gasteiger partial charge in [-0.05, 0) is 30.7 Å². The molecule has 3 rings (SSSR count). The first-order valence-corrected chi connectivity index (χ1v) is 9.55. The molecule has 2 aromatic rings. The molecule has 0 aliphatic heterocycles. The van der Waals surface area contributed by atoms with Crippen LogP contribution in [0.25, 0.3) is 0 Å². The van der Waals surface area contributed by atoms with Crippen LogP contribution in [0.5, 0.6) is 5.75 Å². The number of amides is 1. The van der Waals surface area contributed by atoms with Gasteiger partial charge in [0, 0.05) is 29.1 Å². The second-order valence-electron chi connectivity index (χ2n) is 8.52. The lowest BCUT2D eigenvalue weighted by Gasteiger charge is -2.63. The minimum absolute atomic E-state index is 0.0885. The summed E-state index contributed by atoms with van der Waals surface area (Å²) in [6, 6.07) is 10.6. The Morgan fingerprint density at radius 1 is 1.21 bits per heavy atom.